The van der Waals surface area contributed by atoms with E-state index in [1.807, 2.05) is 13.1 Å². The van der Waals surface area contributed by atoms with Crippen molar-refractivity contribution >= 4 is 0 Å². The molecule has 0 unspecified atom stereocenters. The third-order valence-corrected chi connectivity index (χ3v) is 2.28. The van der Waals surface area contributed by atoms with E-state index in [2.05, 4.69) is 18.0 Å². The van der Waals surface area contributed by atoms with Gasteiger partial charge in [-0.2, -0.15) is 0 Å². The number of likely N-dealkylation sites (N-methyl/N-ethyl adjacent to an activating group) is 1. The van der Waals surface area contributed by atoms with E-state index >= 15 is 0 Å². The van der Waals surface area contributed by atoms with Crippen molar-refractivity contribution in [2.24, 2.45) is 0 Å². The lowest BCUT2D eigenvalue weighted by molar-refractivity contribution is 0.326. The van der Waals surface area contributed by atoms with Crippen molar-refractivity contribution in [2.75, 3.05) is 20.2 Å². The molecule has 1 aliphatic rings. The molecule has 0 aliphatic heterocycles. The number of aliphatic hydroxyl groups is 1. The highest BCUT2D eigenvalue weighted by molar-refractivity contribution is 5.37. The lowest BCUT2D eigenvalue weighted by Crippen LogP contribution is -2.12. The van der Waals surface area contributed by atoms with Crippen LogP contribution in [0.15, 0.2) is 35.5 Å². The molecule has 2 N–H and O–H groups in total. The molecule has 0 spiro atoms. The first kappa shape index (κ1) is 10.2. The van der Waals surface area contributed by atoms with Gasteiger partial charge in [-0.1, -0.05) is 18.7 Å². The van der Waals surface area contributed by atoms with Gasteiger partial charge in [0.25, 0.3) is 0 Å². The van der Waals surface area contributed by atoms with E-state index in [1.54, 1.807) is 0 Å². The van der Waals surface area contributed by atoms with Crippen LogP contribution in [0, 0.1) is 0 Å². The Morgan fingerprint density at radius 1 is 1.54 bits per heavy atom. The van der Waals surface area contributed by atoms with E-state index in [9.17, 15) is 0 Å². The van der Waals surface area contributed by atoms with E-state index in [1.165, 1.54) is 5.57 Å². The molecule has 0 radical (unpaired) electrons. The zero-order valence-corrected chi connectivity index (χ0v) is 8.14. The van der Waals surface area contributed by atoms with Gasteiger partial charge in [-0.15, -0.1) is 0 Å². The van der Waals surface area contributed by atoms with Crippen LogP contribution in [0.3, 0.4) is 0 Å². The number of rotatable bonds is 4. The summed E-state index contributed by atoms with van der Waals surface area (Å²) in [6, 6.07) is 0. The molecule has 1 rings (SSSR count). The van der Waals surface area contributed by atoms with E-state index < -0.39 is 0 Å². The second kappa shape index (κ2) is 5.00. The molecule has 0 aromatic rings. The second-order valence-corrected chi connectivity index (χ2v) is 3.31. The van der Waals surface area contributed by atoms with Crippen molar-refractivity contribution in [3.8, 4) is 0 Å². The minimum absolute atomic E-state index is 0.183. The molecule has 0 saturated carbocycles. The number of nitrogens with one attached hydrogen (secondary N) is 1. The van der Waals surface area contributed by atoms with Crippen LogP contribution in [0.25, 0.3) is 0 Å². The normalized spacial score (nSPS) is 16.5. The van der Waals surface area contributed by atoms with E-state index in [4.69, 9.17) is 5.11 Å². The van der Waals surface area contributed by atoms with Gasteiger partial charge in [-0.3, -0.25) is 0 Å². The molecule has 13 heavy (non-hydrogen) atoms. The molecule has 0 amide bonds. The van der Waals surface area contributed by atoms with Crippen molar-refractivity contribution in [2.45, 2.75) is 12.8 Å². The Hall–Kier alpha value is -0.860. The summed E-state index contributed by atoms with van der Waals surface area (Å²) >= 11 is 0. The zero-order chi connectivity index (χ0) is 9.68. The van der Waals surface area contributed by atoms with Gasteiger partial charge in [0.1, 0.15) is 0 Å². The minimum atomic E-state index is 0.183. The van der Waals surface area contributed by atoms with Gasteiger partial charge in [-0.25, -0.2) is 0 Å². The van der Waals surface area contributed by atoms with Gasteiger partial charge in [0.2, 0.25) is 0 Å². The van der Waals surface area contributed by atoms with E-state index in [0.29, 0.717) is 0 Å². The Morgan fingerprint density at radius 2 is 2.31 bits per heavy atom. The highest BCUT2D eigenvalue weighted by Gasteiger charge is 2.07. The molecule has 2 heteroatoms. The average Bonchev–Trinajstić information content (AvgIpc) is 2.18. The van der Waals surface area contributed by atoms with Crippen LogP contribution < -0.4 is 5.32 Å². The number of allylic oxidation sites excluding steroid dienone is 2. The summed E-state index contributed by atoms with van der Waals surface area (Å²) in [4.78, 5) is 0. The van der Waals surface area contributed by atoms with Gasteiger partial charge in [-0.05, 0) is 36.6 Å². The summed E-state index contributed by atoms with van der Waals surface area (Å²) in [6.45, 7) is 5.02. The molecule has 0 bridgehead atoms. The summed E-state index contributed by atoms with van der Waals surface area (Å²) in [6.07, 6.45) is 6.03. The van der Waals surface area contributed by atoms with Gasteiger partial charge in [0.05, 0.1) is 6.61 Å². The predicted octanol–water partition coefficient (Wildman–Crippen LogP) is 1.40. The molecule has 0 aromatic carbocycles. The van der Waals surface area contributed by atoms with Gasteiger partial charge in [0.15, 0.2) is 0 Å². The molecular formula is C11H17NO. The standard InChI is InChI=1S/C11H17NO/c1-9(7-12-2)11-5-3-10(8-13)4-6-11/h3,5,12-13H,1,4,6-8H2,2H3. The van der Waals surface area contributed by atoms with Crippen LogP contribution in [0.5, 0.6) is 0 Å². The Labute approximate surface area is 79.7 Å². The predicted molar refractivity (Wildman–Crippen MR) is 55.6 cm³/mol. The fourth-order valence-electron chi connectivity index (χ4n) is 1.43. The fourth-order valence-corrected chi connectivity index (χ4v) is 1.43. The molecular weight excluding hydrogens is 162 g/mol. The van der Waals surface area contributed by atoms with Crippen LogP contribution >= 0.6 is 0 Å². The summed E-state index contributed by atoms with van der Waals surface area (Å²) in [7, 11) is 1.92. The number of hydrogen-bond acceptors (Lipinski definition) is 2. The largest absolute Gasteiger partial charge is 0.392 e. The quantitative estimate of drug-likeness (QED) is 0.683. The Bertz CT molecular complexity index is 251. The molecule has 2 nitrogen and oxygen atoms in total. The maximum atomic E-state index is 8.89. The topological polar surface area (TPSA) is 32.3 Å². The lowest BCUT2D eigenvalue weighted by atomic mass is 9.94. The summed E-state index contributed by atoms with van der Waals surface area (Å²) in [5.41, 5.74) is 3.56. The highest BCUT2D eigenvalue weighted by atomic mass is 16.3. The first-order valence-corrected chi connectivity index (χ1v) is 4.60. The first-order chi connectivity index (χ1) is 6.27. The van der Waals surface area contributed by atoms with Crippen LogP contribution in [0.2, 0.25) is 0 Å². The van der Waals surface area contributed by atoms with Crippen molar-refractivity contribution in [3.05, 3.63) is 35.5 Å². The lowest BCUT2D eigenvalue weighted by Gasteiger charge is -2.15. The molecule has 0 heterocycles. The highest BCUT2D eigenvalue weighted by Crippen LogP contribution is 2.22. The molecule has 0 saturated heterocycles. The van der Waals surface area contributed by atoms with E-state index in [0.717, 1.165) is 30.5 Å². The minimum Gasteiger partial charge on any atom is -0.392 e. The second-order valence-electron chi connectivity index (χ2n) is 3.31. The van der Waals surface area contributed by atoms with Crippen LogP contribution in [-0.2, 0) is 0 Å². The fraction of sp³-hybridized carbons (Fsp3) is 0.455. The molecule has 1 aliphatic carbocycles. The van der Waals surface area contributed by atoms with Gasteiger partial charge in [0, 0.05) is 6.54 Å². The summed E-state index contributed by atoms with van der Waals surface area (Å²) < 4.78 is 0. The Balaban J connectivity index is 2.58. The third kappa shape index (κ3) is 2.83. The maximum Gasteiger partial charge on any atom is 0.0644 e. The Morgan fingerprint density at radius 3 is 2.77 bits per heavy atom. The molecule has 0 aromatic heterocycles. The van der Waals surface area contributed by atoms with Crippen LogP contribution in [0.1, 0.15) is 12.8 Å². The monoisotopic (exact) mass is 179 g/mol. The van der Waals surface area contributed by atoms with Crippen molar-refractivity contribution < 1.29 is 5.11 Å². The van der Waals surface area contributed by atoms with Gasteiger partial charge < -0.3 is 10.4 Å². The van der Waals surface area contributed by atoms with Crippen LogP contribution in [-0.4, -0.2) is 25.3 Å². The molecule has 72 valence electrons. The van der Waals surface area contributed by atoms with E-state index in [-0.39, 0.29) is 6.61 Å². The third-order valence-electron chi connectivity index (χ3n) is 2.28. The van der Waals surface area contributed by atoms with Gasteiger partial charge >= 0.3 is 0 Å². The number of aliphatic hydroxyl groups excluding tert-OH is 1. The number of hydrogen-bond donors (Lipinski definition) is 2. The van der Waals surface area contributed by atoms with Crippen LogP contribution in [0.4, 0.5) is 0 Å². The Kier molecular flexibility index (Phi) is 3.93. The smallest absolute Gasteiger partial charge is 0.0644 e. The SMILES string of the molecule is C=C(CNC)C1=CC=C(CO)CC1. The summed E-state index contributed by atoms with van der Waals surface area (Å²) in [5, 5.41) is 12.0. The zero-order valence-electron chi connectivity index (χ0n) is 8.14. The van der Waals surface area contributed by atoms with Crippen molar-refractivity contribution in [1.29, 1.82) is 0 Å². The van der Waals surface area contributed by atoms with Crippen molar-refractivity contribution in [3.63, 3.8) is 0 Å². The maximum absolute atomic E-state index is 8.89. The molecule has 0 atom stereocenters. The first-order valence-electron chi connectivity index (χ1n) is 4.60. The molecule has 0 fully saturated rings. The summed E-state index contributed by atoms with van der Waals surface area (Å²) in [5.74, 6) is 0. The average molecular weight is 179 g/mol. The van der Waals surface area contributed by atoms with Crippen molar-refractivity contribution in [1.82, 2.24) is 5.32 Å².